The number of rotatable bonds is 9. The maximum absolute atomic E-state index is 13.3. The second-order valence-electron chi connectivity index (χ2n) is 6.75. The van der Waals surface area contributed by atoms with E-state index in [4.69, 9.17) is 9.84 Å². The number of benzene rings is 3. The average molecular weight is 426 g/mol. The fraction of sp³-hybridized carbons (Fsp3) is 0.174. The van der Waals surface area contributed by atoms with E-state index in [1.807, 2.05) is 42.5 Å². The maximum atomic E-state index is 13.3. The van der Waals surface area contributed by atoms with Gasteiger partial charge in [0.05, 0.1) is 17.6 Å². The van der Waals surface area contributed by atoms with Crippen LogP contribution in [0.1, 0.15) is 21.5 Å². The molecule has 0 radical (unpaired) electrons. The molecule has 0 spiro atoms. The summed E-state index contributed by atoms with van der Waals surface area (Å²) in [5.74, 6) is -0.403. The van der Waals surface area contributed by atoms with Gasteiger partial charge >= 0.3 is 5.97 Å². The van der Waals surface area contributed by atoms with Crippen molar-refractivity contribution in [2.45, 2.75) is 17.9 Å². The number of carboxylic acids is 1. The van der Waals surface area contributed by atoms with Crippen molar-refractivity contribution in [3.63, 3.8) is 0 Å². The molecule has 0 saturated carbocycles. The summed E-state index contributed by atoms with van der Waals surface area (Å²) < 4.78 is 33.2. The molecule has 6 nitrogen and oxygen atoms in total. The van der Waals surface area contributed by atoms with Gasteiger partial charge in [-0.3, -0.25) is 0 Å². The van der Waals surface area contributed by atoms with Crippen LogP contribution < -0.4 is 4.74 Å². The number of aromatic carboxylic acids is 1. The lowest BCUT2D eigenvalue weighted by atomic mass is 10.1. The molecule has 156 valence electrons. The van der Waals surface area contributed by atoms with Gasteiger partial charge in [0.15, 0.2) is 0 Å². The summed E-state index contributed by atoms with van der Waals surface area (Å²) in [6.07, 6.45) is 0.559. The van der Waals surface area contributed by atoms with Gasteiger partial charge < -0.3 is 9.84 Å². The van der Waals surface area contributed by atoms with Gasteiger partial charge in [-0.05, 0) is 53.9 Å². The topological polar surface area (TPSA) is 83.9 Å². The molecular formula is C23H23NO5S. The zero-order chi connectivity index (χ0) is 21.6. The molecule has 0 aromatic heterocycles. The number of hydrogen-bond donors (Lipinski definition) is 1. The van der Waals surface area contributed by atoms with Gasteiger partial charge in [-0.15, -0.1) is 0 Å². The Kier molecular flexibility index (Phi) is 6.87. The van der Waals surface area contributed by atoms with Crippen molar-refractivity contribution in [3.05, 3.63) is 95.6 Å². The van der Waals surface area contributed by atoms with Crippen molar-refractivity contribution in [2.24, 2.45) is 0 Å². The third kappa shape index (κ3) is 5.25. The Hall–Kier alpha value is -3.16. The molecule has 7 heteroatoms. The summed E-state index contributed by atoms with van der Waals surface area (Å²) in [7, 11) is -2.24. The Bertz CT molecular complexity index is 1080. The quantitative estimate of drug-likeness (QED) is 0.563. The maximum Gasteiger partial charge on any atom is 0.335 e. The number of sulfonamides is 1. The van der Waals surface area contributed by atoms with E-state index in [1.165, 1.54) is 28.6 Å². The summed E-state index contributed by atoms with van der Waals surface area (Å²) >= 11 is 0. The molecule has 3 aromatic carbocycles. The Morgan fingerprint density at radius 2 is 1.53 bits per heavy atom. The van der Waals surface area contributed by atoms with E-state index in [2.05, 4.69) is 0 Å². The highest BCUT2D eigenvalue weighted by atomic mass is 32.2. The normalized spacial score (nSPS) is 11.4. The predicted molar refractivity (Wildman–Crippen MR) is 114 cm³/mol. The Morgan fingerprint density at radius 3 is 2.10 bits per heavy atom. The largest absolute Gasteiger partial charge is 0.497 e. The molecule has 3 rings (SSSR count). The molecule has 0 unspecified atom stereocenters. The minimum atomic E-state index is -3.82. The summed E-state index contributed by atoms with van der Waals surface area (Å²) in [6, 6.07) is 22.2. The number of carbonyl (C=O) groups is 1. The number of methoxy groups -OCH3 is 1. The first-order valence-electron chi connectivity index (χ1n) is 9.40. The molecule has 0 aliphatic heterocycles. The van der Waals surface area contributed by atoms with Crippen LogP contribution in [0.2, 0.25) is 0 Å². The highest BCUT2D eigenvalue weighted by molar-refractivity contribution is 7.89. The number of carboxylic acid groups (broad SMARTS) is 1. The van der Waals surface area contributed by atoms with Crippen LogP contribution in [0.25, 0.3) is 0 Å². The summed E-state index contributed by atoms with van der Waals surface area (Å²) in [5, 5.41) is 9.07. The van der Waals surface area contributed by atoms with E-state index < -0.39 is 16.0 Å². The Labute approximate surface area is 176 Å². The third-order valence-electron chi connectivity index (χ3n) is 4.75. The molecule has 3 aromatic rings. The van der Waals surface area contributed by atoms with Crippen LogP contribution in [0.4, 0.5) is 0 Å². The van der Waals surface area contributed by atoms with Crippen molar-refractivity contribution in [3.8, 4) is 5.75 Å². The van der Waals surface area contributed by atoms with Crippen molar-refractivity contribution in [1.29, 1.82) is 0 Å². The summed E-state index contributed by atoms with van der Waals surface area (Å²) in [4.78, 5) is 11.1. The third-order valence-corrected chi connectivity index (χ3v) is 6.61. The first-order valence-corrected chi connectivity index (χ1v) is 10.8. The fourth-order valence-corrected chi connectivity index (χ4v) is 4.46. The zero-order valence-electron chi connectivity index (χ0n) is 16.6. The van der Waals surface area contributed by atoms with Gasteiger partial charge in [0.2, 0.25) is 10.0 Å². The Morgan fingerprint density at radius 1 is 0.900 bits per heavy atom. The van der Waals surface area contributed by atoms with Crippen LogP contribution in [0, 0.1) is 0 Å². The fourth-order valence-electron chi connectivity index (χ4n) is 3.04. The van der Waals surface area contributed by atoms with Crippen LogP contribution in [-0.4, -0.2) is 37.5 Å². The number of nitrogens with zero attached hydrogens (tertiary/aromatic N) is 1. The lowest BCUT2D eigenvalue weighted by Crippen LogP contribution is -2.32. The van der Waals surface area contributed by atoms with Crippen LogP contribution in [-0.2, 0) is 23.0 Å². The molecular weight excluding hydrogens is 402 g/mol. The molecule has 0 saturated heterocycles. The highest BCUT2D eigenvalue weighted by Gasteiger charge is 2.25. The highest BCUT2D eigenvalue weighted by Crippen LogP contribution is 2.21. The van der Waals surface area contributed by atoms with Crippen molar-refractivity contribution >= 4 is 16.0 Å². The SMILES string of the molecule is COc1ccc(CN(CCc2ccccc2)S(=O)(=O)c2ccc(C(=O)O)cc2)cc1. The van der Waals surface area contributed by atoms with E-state index in [9.17, 15) is 13.2 Å². The van der Waals surface area contributed by atoms with E-state index >= 15 is 0 Å². The van der Waals surface area contributed by atoms with Gasteiger partial charge in [-0.2, -0.15) is 4.31 Å². The van der Waals surface area contributed by atoms with Crippen LogP contribution in [0.3, 0.4) is 0 Å². The van der Waals surface area contributed by atoms with E-state index in [1.54, 1.807) is 19.2 Å². The number of ether oxygens (including phenoxy) is 1. The van der Waals surface area contributed by atoms with Gasteiger partial charge in [0.25, 0.3) is 0 Å². The lowest BCUT2D eigenvalue weighted by molar-refractivity contribution is 0.0696. The van der Waals surface area contributed by atoms with Crippen molar-refractivity contribution in [1.82, 2.24) is 4.31 Å². The zero-order valence-corrected chi connectivity index (χ0v) is 17.4. The van der Waals surface area contributed by atoms with Crippen LogP contribution in [0.15, 0.2) is 83.8 Å². The first kappa shape index (κ1) is 21.5. The van der Waals surface area contributed by atoms with E-state index in [0.717, 1.165) is 11.1 Å². The molecule has 0 aliphatic rings. The molecule has 0 atom stereocenters. The van der Waals surface area contributed by atoms with Crippen LogP contribution >= 0.6 is 0 Å². The Balaban J connectivity index is 1.88. The van der Waals surface area contributed by atoms with Crippen molar-refractivity contribution < 1.29 is 23.1 Å². The average Bonchev–Trinajstić information content (AvgIpc) is 2.77. The standard InChI is InChI=1S/C23H23NO5S/c1-29-21-11-7-19(8-12-21)17-24(16-15-18-5-3-2-4-6-18)30(27,28)22-13-9-20(10-14-22)23(25)26/h2-14H,15-17H2,1H3,(H,25,26). The summed E-state index contributed by atoms with van der Waals surface area (Å²) in [5.41, 5.74) is 1.91. The smallest absolute Gasteiger partial charge is 0.335 e. The molecule has 0 fully saturated rings. The van der Waals surface area contributed by atoms with Crippen molar-refractivity contribution in [2.75, 3.05) is 13.7 Å². The van der Waals surface area contributed by atoms with Gasteiger partial charge in [-0.25, -0.2) is 13.2 Å². The molecule has 30 heavy (non-hydrogen) atoms. The van der Waals surface area contributed by atoms with E-state index in [0.29, 0.717) is 18.7 Å². The lowest BCUT2D eigenvalue weighted by Gasteiger charge is -2.23. The monoisotopic (exact) mass is 425 g/mol. The molecule has 0 bridgehead atoms. The second-order valence-corrected chi connectivity index (χ2v) is 8.69. The second kappa shape index (κ2) is 9.56. The molecule has 0 heterocycles. The van der Waals surface area contributed by atoms with Gasteiger partial charge in [0.1, 0.15) is 5.75 Å². The minimum Gasteiger partial charge on any atom is -0.497 e. The predicted octanol–water partition coefficient (Wildman–Crippen LogP) is 3.83. The van der Waals surface area contributed by atoms with E-state index in [-0.39, 0.29) is 17.0 Å². The number of hydrogen-bond acceptors (Lipinski definition) is 4. The van der Waals surface area contributed by atoms with Crippen LogP contribution in [0.5, 0.6) is 5.75 Å². The molecule has 0 amide bonds. The molecule has 0 aliphatic carbocycles. The first-order chi connectivity index (χ1) is 14.4. The summed E-state index contributed by atoms with van der Waals surface area (Å²) in [6.45, 7) is 0.485. The van der Waals surface area contributed by atoms with Gasteiger partial charge in [-0.1, -0.05) is 42.5 Å². The molecule has 1 N–H and O–H groups in total. The minimum absolute atomic E-state index is 0.0416. The van der Waals surface area contributed by atoms with Gasteiger partial charge in [0, 0.05) is 13.1 Å².